The van der Waals surface area contributed by atoms with E-state index in [0.717, 1.165) is 12.2 Å². The summed E-state index contributed by atoms with van der Waals surface area (Å²) in [6, 6.07) is 3.57. The van der Waals surface area contributed by atoms with E-state index in [1.165, 1.54) is 0 Å². The zero-order valence-electron chi connectivity index (χ0n) is 9.28. The van der Waals surface area contributed by atoms with Crippen molar-refractivity contribution in [3.05, 3.63) is 24.0 Å². The van der Waals surface area contributed by atoms with E-state index in [-0.39, 0.29) is 10.6 Å². The quantitative estimate of drug-likeness (QED) is 0.797. The highest BCUT2D eigenvalue weighted by Crippen LogP contribution is 2.20. The molecule has 1 rings (SSSR count). The fourth-order valence-corrected chi connectivity index (χ4v) is 1.11. The second-order valence-electron chi connectivity index (χ2n) is 3.96. The van der Waals surface area contributed by atoms with Crippen molar-refractivity contribution in [1.82, 2.24) is 4.98 Å². The largest absolute Gasteiger partial charge is 0.488 e. The van der Waals surface area contributed by atoms with Gasteiger partial charge in [-0.1, -0.05) is 19.1 Å². The predicted octanol–water partition coefficient (Wildman–Crippen LogP) is 2.28. The van der Waals surface area contributed by atoms with Gasteiger partial charge < -0.3 is 10.5 Å². The number of hydrogen-bond donors (Lipinski definition) is 1. The molecule has 0 aliphatic rings. The van der Waals surface area contributed by atoms with Gasteiger partial charge in [0.25, 0.3) is 0 Å². The molecule has 0 fully saturated rings. The Bertz CT molecular complexity index is 363. The van der Waals surface area contributed by atoms with Crippen LogP contribution >= 0.6 is 12.2 Å². The van der Waals surface area contributed by atoms with E-state index >= 15 is 0 Å². The van der Waals surface area contributed by atoms with Crippen molar-refractivity contribution >= 4 is 17.2 Å². The van der Waals surface area contributed by atoms with Gasteiger partial charge in [-0.3, -0.25) is 4.98 Å². The monoisotopic (exact) mass is 224 g/mol. The number of aromatic nitrogens is 1. The number of nitrogens with two attached hydrogens (primary N) is 1. The number of rotatable bonds is 4. The van der Waals surface area contributed by atoms with Gasteiger partial charge in [0.05, 0.1) is 0 Å². The Kier molecular flexibility index (Phi) is 3.63. The molecule has 0 saturated carbocycles. The zero-order chi connectivity index (χ0) is 11.5. The van der Waals surface area contributed by atoms with Crippen LogP contribution in [0.2, 0.25) is 0 Å². The molecule has 1 aromatic rings. The molecular formula is C11H16N2OS. The molecule has 15 heavy (non-hydrogen) atoms. The number of ether oxygens (including phenoxy) is 1. The van der Waals surface area contributed by atoms with Gasteiger partial charge in [-0.05, 0) is 26.3 Å². The third-order valence-electron chi connectivity index (χ3n) is 2.23. The van der Waals surface area contributed by atoms with Crippen molar-refractivity contribution in [2.24, 2.45) is 5.73 Å². The van der Waals surface area contributed by atoms with Gasteiger partial charge in [0, 0.05) is 12.3 Å². The highest BCUT2D eigenvalue weighted by atomic mass is 32.1. The molecule has 4 heteroatoms. The molecule has 0 bridgehead atoms. The first-order chi connectivity index (χ1) is 6.94. The first-order valence-electron chi connectivity index (χ1n) is 4.89. The van der Waals surface area contributed by atoms with Gasteiger partial charge in [0.2, 0.25) is 0 Å². The van der Waals surface area contributed by atoms with Crippen LogP contribution in [-0.4, -0.2) is 15.6 Å². The van der Waals surface area contributed by atoms with Crippen LogP contribution in [0.15, 0.2) is 18.3 Å². The van der Waals surface area contributed by atoms with Crippen molar-refractivity contribution in [2.45, 2.75) is 32.8 Å². The van der Waals surface area contributed by atoms with Crippen LogP contribution in [0.3, 0.4) is 0 Å². The molecule has 0 radical (unpaired) electrons. The molecule has 0 aliphatic heterocycles. The minimum Gasteiger partial charge on any atom is -0.488 e. The lowest BCUT2D eigenvalue weighted by atomic mass is 10.1. The Labute approximate surface area is 95.7 Å². The summed E-state index contributed by atoms with van der Waals surface area (Å²) in [5.41, 5.74) is 5.90. The predicted molar refractivity (Wildman–Crippen MR) is 65.1 cm³/mol. The Morgan fingerprint density at radius 2 is 2.27 bits per heavy atom. The molecule has 0 amide bonds. The smallest absolute Gasteiger partial charge is 0.123 e. The summed E-state index contributed by atoms with van der Waals surface area (Å²) >= 11 is 4.85. The second kappa shape index (κ2) is 4.57. The van der Waals surface area contributed by atoms with E-state index in [1.54, 1.807) is 18.3 Å². The lowest BCUT2D eigenvalue weighted by Gasteiger charge is -2.24. The fraction of sp³-hybridized carbons (Fsp3) is 0.455. The van der Waals surface area contributed by atoms with Gasteiger partial charge in [0.15, 0.2) is 0 Å². The Balaban J connectivity index is 2.87. The molecule has 0 aliphatic carbocycles. The van der Waals surface area contributed by atoms with Crippen LogP contribution in [0, 0.1) is 0 Å². The summed E-state index contributed by atoms with van der Waals surface area (Å²) < 4.78 is 5.79. The van der Waals surface area contributed by atoms with Gasteiger partial charge in [0.1, 0.15) is 22.0 Å². The number of nitrogens with zero attached hydrogens (tertiary/aromatic N) is 1. The van der Waals surface area contributed by atoms with Crippen LogP contribution < -0.4 is 10.5 Å². The van der Waals surface area contributed by atoms with Crippen molar-refractivity contribution in [3.8, 4) is 5.75 Å². The first-order valence-corrected chi connectivity index (χ1v) is 5.30. The molecule has 0 saturated heterocycles. The summed E-state index contributed by atoms with van der Waals surface area (Å²) in [6.07, 6.45) is 2.58. The molecule has 82 valence electrons. The van der Waals surface area contributed by atoms with E-state index in [1.807, 2.05) is 13.8 Å². The minimum atomic E-state index is -0.186. The summed E-state index contributed by atoms with van der Waals surface area (Å²) in [6.45, 7) is 6.15. The molecule has 3 nitrogen and oxygen atoms in total. The second-order valence-corrected chi connectivity index (χ2v) is 4.40. The first kappa shape index (κ1) is 11.9. The van der Waals surface area contributed by atoms with Crippen LogP contribution in [0.5, 0.6) is 5.75 Å². The van der Waals surface area contributed by atoms with E-state index in [4.69, 9.17) is 22.7 Å². The molecule has 2 N–H and O–H groups in total. The normalized spacial score (nSPS) is 11.1. The van der Waals surface area contributed by atoms with Crippen LogP contribution in [0.4, 0.5) is 0 Å². The van der Waals surface area contributed by atoms with Crippen LogP contribution in [-0.2, 0) is 0 Å². The van der Waals surface area contributed by atoms with Gasteiger partial charge in [-0.2, -0.15) is 0 Å². The third-order valence-corrected chi connectivity index (χ3v) is 2.44. The van der Waals surface area contributed by atoms with Crippen molar-refractivity contribution in [1.29, 1.82) is 0 Å². The number of pyridine rings is 1. The molecule has 0 aromatic carbocycles. The summed E-state index contributed by atoms with van der Waals surface area (Å²) in [7, 11) is 0. The van der Waals surface area contributed by atoms with Crippen molar-refractivity contribution in [2.75, 3.05) is 0 Å². The fourth-order valence-electron chi connectivity index (χ4n) is 1.00. The molecular weight excluding hydrogens is 208 g/mol. The van der Waals surface area contributed by atoms with Crippen molar-refractivity contribution < 1.29 is 4.74 Å². The summed E-state index contributed by atoms with van der Waals surface area (Å²) in [5, 5.41) is 0. The van der Waals surface area contributed by atoms with Crippen LogP contribution in [0.25, 0.3) is 0 Å². The van der Waals surface area contributed by atoms with E-state index in [9.17, 15) is 0 Å². The van der Waals surface area contributed by atoms with E-state index < -0.39 is 0 Å². The SMILES string of the molecule is CCC(C)(C)Oc1ccnc(C(N)=S)c1. The van der Waals surface area contributed by atoms with E-state index in [2.05, 4.69) is 11.9 Å². The molecule has 1 heterocycles. The standard InChI is InChI=1S/C11H16N2OS/c1-4-11(2,3)14-8-5-6-13-9(7-8)10(12)15/h5-7H,4H2,1-3H3,(H2,12,15). The Hall–Kier alpha value is -1.16. The molecule has 1 aromatic heterocycles. The number of hydrogen-bond acceptors (Lipinski definition) is 3. The van der Waals surface area contributed by atoms with Gasteiger partial charge >= 0.3 is 0 Å². The third kappa shape index (κ3) is 3.47. The lowest BCUT2D eigenvalue weighted by Crippen LogP contribution is -2.27. The highest BCUT2D eigenvalue weighted by molar-refractivity contribution is 7.80. The average Bonchev–Trinajstić information content (AvgIpc) is 2.17. The maximum absolute atomic E-state index is 5.79. The maximum Gasteiger partial charge on any atom is 0.123 e. The Morgan fingerprint density at radius 1 is 1.60 bits per heavy atom. The highest BCUT2D eigenvalue weighted by Gasteiger charge is 2.16. The zero-order valence-corrected chi connectivity index (χ0v) is 10.1. The maximum atomic E-state index is 5.79. The van der Waals surface area contributed by atoms with Crippen molar-refractivity contribution in [3.63, 3.8) is 0 Å². The average molecular weight is 224 g/mol. The summed E-state index contributed by atoms with van der Waals surface area (Å²) in [5.74, 6) is 0.750. The van der Waals surface area contributed by atoms with Crippen LogP contribution in [0.1, 0.15) is 32.9 Å². The van der Waals surface area contributed by atoms with Gasteiger partial charge in [-0.15, -0.1) is 0 Å². The minimum absolute atomic E-state index is 0.186. The van der Waals surface area contributed by atoms with Gasteiger partial charge in [-0.25, -0.2) is 0 Å². The lowest BCUT2D eigenvalue weighted by molar-refractivity contribution is 0.105. The molecule has 0 spiro atoms. The van der Waals surface area contributed by atoms with E-state index in [0.29, 0.717) is 5.69 Å². The molecule has 0 atom stereocenters. The summed E-state index contributed by atoms with van der Waals surface area (Å²) in [4.78, 5) is 4.34. The molecule has 0 unspecified atom stereocenters. The number of thiocarbonyl (C=S) groups is 1. The Morgan fingerprint density at radius 3 is 2.80 bits per heavy atom. The topological polar surface area (TPSA) is 48.1 Å².